The number of alkyl halides is 2. The Kier molecular flexibility index (Phi) is 3.71. The van der Waals surface area contributed by atoms with Crippen LogP contribution >= 0.6 is 11.3 Å². The van der Waals surface area contributed by atoms with Gasteiger partial charge in [-0.2, -0.15) is 0 Å². The van der Waals surface area contributed by atoms with Crippen LogP contribution in [0.2, 0.25) is 0 Å². The van der Waals surface area contributed by atoms with Gasteiger partial charge in [0.05, 0.1) is 24.3 Å². The lowest BCUT2D eigenvalue weighted by Crippen LogP contribution is -2.38. The Bertz CT molecular complexity index is 238. The molecule has 0 aromatic carbocycles. The second kappa shape index (κ2) is 4.59. The Labute approximate surface area is 79.0 Å². The molecule has 0 saturated carbocycles. The summed E-state index contributed by atoms with van der Waals surface area (Å²) in [5, 5.41) is 4.41. The number of hydrogen-bond acceptors (Lipinski definition) is 4. The lowest BCUT2D eigenvalue weighted by atomic mass is 10.3. The Morgan fingerprint density at radius 2 is 2.38 bits per heavy atom. The molecule has 0 radical (unpaired) electrons. The number of aromatic nitrogens is 1. The molecular formula is C7H11F2N3S. The summed E-state index contributed by atoms with van der Waals surface area (Å²) >= 11 is 1.44. The van der Waals surface area contributed by atoms with E-state index in [2.05, 4.69) is 10.3 Å². The number of rotatable bonds is 5. The summed E-state index contributed by atoms with van der Waals surface area (Å²) in [7, 11) is 0. The van der Waals surface area contributed by atoms with E-state index in [0.717, 1.165) is 5.69 Å². The van der Waals surface area contributed by atoms with Crippen molar-refractivity contribution in [3.8, 4) is 0 Å². The summed E-state index contributed by atoms with van der Waals surface area (Å²) in [5.74, 6) is -2.82. The van der Waals surface area contributed by atoms with Crippen molar-refractivity contribution in [2.75, 3.05) is 13.1 Å². The van der Waals surface area contributed by atoms with Crippen LogP contribution in [0.15, 0.2) is 10.9 Å². The van der Waals surface area contributed by atoms with Gasteiger partial charge in [0.2, 0.25) is 0 Å². The maximum atomic E-state index is 12.6. The molecule has 0 saturated heterocycles. The van der Waals surface area contributed by atoms with Crippen LogP contribution in [0.5, 0.6) is 0 Å². The topological polar surface area (TPSA) is 50.9 Å². The van der Waals surface area contributed by atoms with Crippen molar-refractivity contribution >= 4 is 11.3 Å². The van der Waals surface area contributed by atoms with E-state index in [1.54, 1.807) is 5.51 Å². The molecule has 0 unspecified atom stereocenters. The fourth-order valence-corrected chi connectivity index (χ4v) is 1.33. The minimum absolute atomic E-state index is 0.360. The smallest absolute Gasteiger partial charge is 0.272 e. The lowest BCUT2D eigenvalue weighted by molar-refractivity contribution is 0.0115. The fraction of sp³-hybridized carbons (Fsp3) is 0.571. The van der Waals surface area contributed by atoms with Crippen LogP contribution in [0.3, 0.4) is 0 Å². The molecular weight excluding hydrogens is 196 g/mol. The molecule has 0 bridgehead atoms. The average molecular weight is 207 g/mol. The number of halogens is 2. The minimum atomic E-state index is -2.82. The first-order valence-electron chi connectivity index (χ1n) is 3.80. The van der Waals surface area contributed by atoms with Crippen LogP contribution in [0.4, 0.5) is 8.78 Å². The molecule has 0 spiro atoms. The van der Waals surface area contributed by atoms with Crippen LogP contribution in [0, 0.1) is 0 Å². The maximum absolute atomic E-state index is 12.6. The molecule has 0 aliphatic rings. The highest BCUT2D eigenvalue weighted by Gasteiger charge is 2.25. The first-order chi connectivity index (χ1) is 6.14. The Morgan fingerprint density at radius 3 is 2.92 bits per heavy atom. The van der Waals surface area contributed by atoms with Crippen LogP contribution < -0.4 is 11.1 Å². The van der Waals surface area contributed by atoms with Crippen LogP contribution in [-0.2, 0) is 6.54 Å². The van der Waals surface area contributed by atoms with Gasteiger partial charge in [-0.1, -0.05) is 0 Å². The summed E-state index contributed by atoms with van der Waals surface area (Å²) in [6.45, 7) is -0.669. The van der Waals surface area contributed by atoms with Crippen LogP contribution in [0.25, 0.3) is 0 Å². The normalized spacial score (nSPS) is 11.9. The van der Waals surface area contributed by atoms with Gasteiger partial charge in [0.25, 0.3) is 5.92 Å². The average Bonchev–Trinajstić information content (AvgIpc) is 2.57. The Balaban J connectivity index is 2.21. The molecule has 0 aliphatic heterocycles. The molecule has 13 heavy (non-hydrogen) atoms. The predicted molar refractivity (Wildman–Crippen MR) is 47.8 cm³/mol. The SMILES string of the molecule is NCC(F)(F)CNCc1cscn1. The second-order valence-electron chi connectivity index (χ2n) is 2.64. The van der Waals surface area contributed by atoms with E-state index >= 15 is 0 Å². The van der Waals surface area contributed by atoms with Gasteiger partial charge in [0.15, 0.2) is 0 Å². The molecule has 0 fully saturated rings. The largest absolute Gasteiger partial charge is 0.325 e. The van der Waals surface area contributed by atoms with Crippen molar-refractivity contribution in [2.24, 2.45) is 5.73 Å². The zero-order chi connectivity index (χ0) is 9.73. The summed E-state index contributed by atoms with van der Waals surface area (Å²) in [4.78, 5) is 3.94. The lowest BCUT2D eigenvalue weighted by Gasteiger charge is -2.13. The standard InChI is InChI=1S/C7H11F2N3S/c8-7(9,3-10)4-11-1-6-2-13-5-12-6/h2,5,11H,1,3-4,10H2. The van der Waals surface area contributed by atoms with Crippen molar-refractivity contribution in [3.63, 3.8) is 0 Å². The van der Waals surface area contributed by atoms with Crippen LogP contribution in [-0.4, -0.2) is 24.0 Å². The number of thiazole rings is 1. The summed E-state index contributed by atoms with van der Waals surface area (Å²) in [6.07, 6.45) is 0. The molecule has 3 nitrogen and oxygen atoms in total. The summed E-state index contributed by atoms with van der Waals surface area (Å²) in [5.41, 5.74) is 7.30. The van der Waals surface area contributed by atoms with Gasteiger partial charge in [-0.25, -0.2) is 13.8 Å². The molecule has 0 amide bonds. The highest BCUT2D eigenvalue weighted by atomic mass is 32.1. The van der Waals surface area contributed by atoms with E-state index in [1.165, 1.54) is 11.3 Å². The molecule has 0 atom stereocenters. The van der Waals surface area contributed by atoms with Gasteiger partial charge in [0.1, 0.15) is 0 Å². The van der Waals surface area contributed by atoms with Crippen molar-refractivity contribution in [1.82, 2.24) is 10.3 Å². The van der Waals surface area contributed by atoms with Crippen molar-refractivity contribution < 1.29 is 8.78 Å². The van der Waals surface area contributed by atoms with Gasteiger partial charge in [0, 0.05) is 11.9 Å². The highest BCUT2D eigenvalue weighted by Crippen LogP contribution is 2.09. The molecule has 1 rings (SSSR count). The maximum Gasteiger partial charge on any atom is 0.272 e. The van der Waals surface area contributed by atoms with E-state index in [4.69, 9.17) is 5.73 Å². The fourth-order valence-electron chi connectivity index (χ4n) is 0.770. The number of nitrogens with two attached hydrogens (primary N) is 1. The zero-order valence-electron chi connectivity index (χ0n) is 6.96. The second-order valence-corrected chi connectivity index (χ2v) is 3.36. The van der Waals surface area contributed by atoms with Gasteiger partial charge in [-0.15, -0.1) is 11.3 Å². The first kappa shape index (κ1) is 10.5. The van der Waals surface area contributed by atoms with E-state index in [0.29, 0.717) is 6.54 Å². The Morgan fingerprint density at radius 1 is 1.62 bits per heavy atom. The predicted octanol–water partition coefficient (Wildman–Crippen LogP) is 0.827. The molecule has 1 aromatic rings. The Hall–Kier alpha value is -0.590. The third kappa shape index (κ3) is 3.75. The van der Waals surface area contributed by atoms with Crippen LogP contribution in [0.1, 0.15) is 5.69 Å². The first-order valence-corrected chi connectivity index (χ1v) is 4.74. The molecule has 1 heterocycles. The summed E-state index contributed by atoms with van der Waals surface area (Å²) < 4.78 is 25.2. The van der Waals surface area contributed by atoms with E-state index in [-0.39, 0.29) is 0 Å². The van der Waals surface area contributed by atoms with Crippen molar-refractivity contribution in [1.29, 1.82) is 0 Å². The molecule has 6 heteroatoms. The van der Waals surface area contributed by atoms with Gasteiger partial charge >= 0.3 is 0 Å². The van der Waals surface area contributed by atoms with E-state index < -0.39 is 19.0 Å². The van der Waals surface area contributed by atoms with Crippen molar-refractivity contribution in [3.05, 3.63) is 16.6 Å². The van der Waals surface area contributed by atoms with Gasteiger partial charge in [-0.3, -0.25) is 0 Å². The van der Waals surface area contributed by atoms with E-state index in [9.17, 15) is 8.78 Å². The van der Waals surface area contributed by atoms with Gasteiger partial charge < -0.3 is 11.1 Å². The quantitative estimate of drug-likeness (QED) is 0.751. The third-order valence-electron chi connectivity index (χ3n) is 1.47. The number of nitrogens with one attached hydrogen (secondary N) is 1. The van der Waals surface area contributed by atoms with Crippen molar-refractivity contribution in [2.45, 2.75) is 12.5 Å². The minimum Gasteiger partial charge on any atom is -0.325 e. The molecule has 0 aliphatic carbocycles. The molecule has 3 N–H and O–H groups in total. The third-order valence-corrected chi connectivity index (χ3v) is 2.11. The molecule has 1 aromatic heterocycles. The monoisotopic (exact) mass is 207 g/mol. The van der Waals surface area contributed by atoms with E-state index in [1.807, 2.05) is 5.38 Å². The highest BCUT2D eigenvalue weighted by molar-refractivity contribution is 7.07. The van der Waals surface area contributed by atoms with Gasteiger partial charge in [-0.05, 0) is 0 Å². The molecule has 74 valence electrons. The summed E-state index contributed by atoms with van der Waals surface area (Å²) in [6, 6.07) is 0. The zero-order valence-corrected chi connectivity index (χ0v) is 7.78. The number of hydrogen-bond donors (Lipinski definition) is 2. The number of nitrogens with zero attached hydrogens (tertiary/aromatic N) is 1.